The van der Waals surface area contributed by atoms with Gasteiger partial charge in [-0.1, -0.05) is 6.07 Å². The molecule has 4 rings (SSSR count). The van der Waals surface area contributed by atoms with Crippen molar-refractivity contribution in [1.29, 1.82) is 0 Å². The number of aromatic nitrogens is 4. The molecule has 1 fully saturated rings. The number of aryl methyl sites for hydroxylation is 1. The van der Waals surface area contributed by atoms with Gasteiger partial charge in [0.1, 0.15) is 5.82 Å². The zero-order valence-corrected chi connectivity index (χ0v) is 16.4. The molecule has 0 radical (unpaired) electrons. The van der Waals surface area contributed by atoms with Gasteiger partial charge in [0.05, 0.1) is 17.9 Å². The normalized spacial score (nSPS) is 15.6. The number of rotatable bonds is 5. The Morgan fingerprint density at radius 2 is 2.00 bits per heavy atom. The van der Waals surface area contributed by atoms with Gasteiger partial charge in [0.2, 0.25) is 5.91 Å². The molecule has 0 aliphatic carbocycles. The molecule has 0 atom stereocenters. The van der Waals surface area contributed by atoms with Gasteiger partial charge >= 0.3 is 0 Å². The monoisotopic (exact) mass is 378 g/mol. The van der Waals surface area contributed by atoms with Crippen LogP contribution in [0.4, 0.5) is 5.82 Å². The second-order valence-corrected chi connectivity index (χ2v) is 7.41. The first-order valence-electron chi connectivity index (χ1n) is 9.73. The van der Waals surface area contributed by atoms with Gasteiger partial charge < -0.3 is 5.32 Å². The van der Waals surface area contributed by atoms with Crippen LogP contribution in [-0.2, 0) is 11.3 Å². The molecular formula is C21H26N6O. The van der Waals surface area contributed by atoms with Crippen molar-refractivity contribution in [2.75, 3.05) is 18.4 Å². The highest BCUT2D eigenvalue weighted by Crippen LogP contribution is 2.27. The van der Waals surface area contributed by atoms with Crippen molar-refractivity contribution in [1.82, 2.24) is 24.5 Å². The minimum atomic E-state index is -0.0618. The average molecular weight is 378 g/mol. The van der Waals surface area contributed by atoms with Crippen LogP contribution in [0.2, 0.25) is 0 Å². The van der Waals surface area contributed by atoms with Gasteiger partial charge in [-0.3, -0.25) is 9.69 Å². The van der Waals surface area contributed by atoms with Crippen LogP contribution in [-0.4, -0.2) is 43.5 Å². The van der Waals surface area contributed by atoms with Crippen molar-refractivity contribution in [2.45, 2.75) is 39.3 Å². The quantitative estimate of drug-likeness (QED) is 0.740. The van der Waals surface area contributed by atoms with Crippen LogP contribution in [0.1, 0.15) is 36.9 Å². The summed E-state index contributed by atoms with van der Waals surface area (Å²) in [6.45, 7) is 6.68. The first-order chi connectivity index (χ1) is 13.6. The molecule has 146 valence electrons. The third-order valence-corrected chi connectivity index (χ3v) is 5.37. The highest BCUT2D eigenvalue weighted by molar-refractivity contribution is 5.87. The van der Waals surface area contributed by atoms with E-state index in [1.807, 2.05) is 27.7 Å². The van der Waals surface area contributed by atoms with Crippen molar-refractivity contribution in [3.8, 4) is 5.69 Å². The number of benzene rings is 1. The van der Waals surface area contributed by atoms with E-state index < -0.39 is 0 Å². The third-order valence-electron chi connectivity index (χ3n) is 5.37. The van der Waals surface area contributed by atoms with Crippen molar-refractivity contribution < 1.29 is 4.79 Å². The molecule has 1 aliphatic heterocycles. The molecule has 3 heterocycles. The van der Waals surface area contributed by atoms with E-state index in [4.69, 9.17) is 0 Å². The van der Waals surface area contributed by atoms with Gasteiger partial charge in [-0.2, -0.15) is 10.2 Å². The average Bonchev–Trinajstić information content (AvgIpc) is 3.36. The second-order valence-electron chi connectivity index (χ2n) is 7.41. The fourth-order valence-corrected chi connectivity index (χ4v) is 3.87. The molecular weight excluding hydrogens is 352 g/mol. The Hall–Kier alpha value is -2.93. The molecule has 0 saturated carbocycles. The Balaban J connectivity index is 1.37. The predicted octanol–water partition coefficient (Wildman–Crippen LogP) is 3.17. The molecule has 1 saturated heterocycles. The molecule has 1 aromatic carbocycles. The van der Waals surface area contributed by atoms with Gasteiger partial charge in [0.15, 0.2) is 0 Å². The van der Waals surface area contributed by atoms with Gasteiger partial charge in [0, 0.05) is 45.0 Å². The fourth-order valence-electron chi connectivity index (χ4n) is 3.87. The van der Waals surface area contributed by atoms with Crippen molar-refractivity contribution >= 4 is 11.7 Å². The zero-order chi connectivity index (χ0) is 19.5. The standard InChI is InChI=1S/C21H26N6O/c1-16-14-20(26-11-3-9-22-26)5-4-18(16)15-25-12-7-19(8-13-25)27-21(6-10-23-27)24-17(2)28/h3-6,9-11,14,19H,7-8,12-13,15H2,1-2H3,(H,24,28). The SMILES string of the molecule is CC(=O)Nc1ccnn1C1CCN(Cc2ccc(-n3cccn3)cc2C)CC1. The molecule has 0 bridgehead atoms. The Morgan fingerprint density at radius 1 is 1.18 bits per heavy atom. The number of likely N-dealkylation sites (tertiary alicyclic amines) is 1. The maximum absolute atomic E-state index is 11.4. The molecule has 1 N–H and O–H groups in total. The van der Waals surface area contributed by atoms with E-state index in [-0.39, 0.29) is 5.91 Å². The molecule has 0 spiro atoms. The third kappa shape index (κ3) is 3.99. The summed E-state index contributed by atoms with van der Waals surface area (Å²) in [5.41, 5.74) is 3.73. The Morgan fingerprint density at radius 3 is 2.68 bits per heavy atom. The summed E-state index contributed by atoms with van der Waals surface area (Å²) in [6, 6.07) is 10.7. The lowest BCUT2D eigenvalue weighted by atomic mass is 10.0. The van der Waals surface area contributed by atoms with Gasteiger partial charge in [-0.25, -0.2) is 9.36 Å². The number of nitrogens with zero attached hydrogens (tertiary/aromatic N) is 5. The van der Waals surface area contributed by atoms with Crippen LogP contribution in [0, 0.1) is 6.92 Å². The van der Waals surface area contributed by atoms with Crippen LogP contribution < -0.4 is 5.32 Å². The summed E-state index contributed by atoms with van der Waals surface area (Å²) in [6.07, 6.45) is 7.56. The Bertz CT molecular complexity index is 938. The minimum Gasteiger partial charge on any atom is -0.311 e. The number of anilines is 1. The Labute approximate surface area is 165 Å². The number of carbonyl (C=O) groups excluding carboxylic acids is 1. The van der Waals surface area contributed by atoms with Gasteiger partial charge in [-0.15, -0.1) is 0 Å². The smallest absolute Gasteiger partial charge is 0.222 e. The fraction of sp³-hybridized carbons (Fsp3) is 0.381. The number of hydrogen-bond acceptors (Lipinski definition) is 4. The molecule has 2 aromatic heterocycles. The second kappa shape index (κ2) is 7.98. The first kappa shape index (κ1) is 18.4. The highest BCUT2D eigenvalue weighted by Gasteiger charge is 2.23. The molecule has 3 aromatic rings. The lowest BCUT2D eigenvalue weighted by Crippen LogP contribution is -2.35. The molecule has 28 heavy (non-hydrogen) atoms. The van der Waals surface area contributed by atoms with Gasteiger partial charge in [0.25, 0.3) is 0 Å². The summed E-state index contributed by atoms with van der Waals surface area (Å²) >= 11 is 0. The van der Waals surface area contributed by atoms with E-state index in [0.29, 0.717) is 6.04 Å². The predicted molar refractivity (Wildman–Crippen MR) is 108 cm³/mol. The number of piperidine rings is 1. The van der Waals surface area contributed by atoms with E-state index in [1.54, 1.807) is 12.4 Å². The number of amides is 1. The van der Waals surface area contributed by atoms with Crippen LogP contribution >= 0.6 is 0 Å². The number of carbonyl (C=O) groups is 1. The topological polar surface area (TPSA) is 68.0 Å². The lowest BCUT2D eigenvalue weighted by Gasteiger charge is -2.33. The first-order valence-corrected chi connectivity index (χ1v) is 9.73. The highest BCUT2D eigenvalue weighted by atomic mass is 16.1. The summed E-state index contributed by atoms with van der Waals surface area (Å²) in [4.78, 5) is 13.9. The van der Waals surface area contributed by atoms with Crippen molar-refractivity contribution in [3.05, 3.63) is 60.0 Å². The number of nitrogens with one attached hydrogen (secondary N) is 1. The summed E-state index contributed by atoms with van der Waals surface area (Å²) in [5.74, 6) is 0.726. The summed E-state index contributed by atoms with van der Waals surface area (Å²) < 4.78 is 3.85. The van der Waals surface area contributed by atoms with Crippen molar-refractivity contribution in [2.24, 2.45) is 0 Å². The lowest BCUT2D eigenvalue weighted by molar-refractivity contribution is -0.114. The maximum atomic E-state index is 11.4. The van der Waals surface area contributed by atoms with Crippen LogP contribution in [0.25, 0.3) is 5.69 Å². The summed E-state index contributed by atoms with van der Waals surface area (Å²) in [5, 5.41) is 11.6. The molecule has 7 heteroatoms. The van der Waals surface area contributed by atoms with E-state index >= 15 is 0 Å². The molecule has 7 nitrogen and oxygen atoms in total. The number of hydrogen-bond donors (Lipinski definition) is 1. The largest absolute Gasteiger partial charge is 0.311 e. The minimum absolute atomic E-state index is 0.0618. The van der Waals surface area contributed by atoms with Gasteiger partial charge in [-0.05, 0) is 49.1 Å². The van der Waals surface area contributed by atoms with Crippen LogP contribution in [0.15, 0.2) is 48.9 Å². The van der Waals surface area contributed by atoms with Crippen LogP contribution in [0.5, 0.6) is 0 Å². The van der Waals surface area contributed by atoms with E-state index in [1.165, 1.54) is 18.1 Å². The summed E-state index contributed by atoms with van der Waals surface area (Å²) in [7, 11) is 0. The molecule has 0 unspecified atom stereocenters. The van der Waals surface area contributed by atoms with Crippen LogP contribution in [0.3, 0.4) is 0 Å². The molecule has 1 aliphatic rings. The molecule has 1 amide bonds. The van der Waals surface area contributed by atoms with E-state index in [9.17, 15) is 4.79 Å². The Kier molecular flexibility index (Phi) is 5.25. The van der Waals surface area contributed by atoms with Crippen molar-refractivity contribution in [3.63, 3.8) is 0 Å². The maximum Gasteiger partial charge on any atom is 0.222 e. The van der Waals surface area contributed by atoms with E-state index in [0.717, 1.165) is 44.0 Å². The zero-order valence-electron chi connectivity index (χ0n) is 16.4. The van der Waals surface area contributed by atoms with E-state index in [2.05, 4.69) is 45.5 Å².